The number of aryl methyl sites for hydroxylation is 3. The SMILES string of the molecule is COC(=O)CCNC(=O)c1ccc(CCCCSc2cc(C)c(-c3ccc(C(F)(F)F)cc3)c(C)c2)s1. The lowest BCUT2D eigenvalue weighted by Gasteiger charge is -2.14. The fourth-order valence-corrected chi connectivity index (χ4v) is 6.05. The molecule has 3 rings (SSSR count). The van der Waals surface area contributed by atoms with Crippen LogP contribution >= 0.6 is 23.1 Å². The summed E-state index contributed by atoms with van der Waals surface area (Å²) in [5, 5.41) is 2.73. The van der Waals surface area contributed by atoms with Gasteiger partial charge in [-0.25, -0.2) is 0 Å². The summed E-state index contributed by atoms with van der Waals surface area (Å²) in [4.78, 5) is 26.2. The maximum atomic E-state index is 12.9. The number of hydrogen-bond acceptors (Lipinski definition) is 5. The number of thioether (sulfide) groups is 1. The number of halogens is 3. The largest absolute Gasteiger partial charge is 0.469 e. The highest BCUT2D eigenvalue weighted by Crippen LogP contribution is 2.35. The molecule has 0 saturated carbocycles. The molecule has 3 aromatic rings. The zero-order valence-electron chi connectivity index (χ0n) is 21.0. The number of alkyl halides is 3. The second kappa shape index (κ2) is 13.1. The van der Waals surface area contributed by atoms with Crippen LogP contribution in [0.5, 0.6) is 0 Å². The van der Waals surface area contributed by atoms with E-state index in [2.05, 4.69) is 22.2 Å². The van der Waals surface area contributed by atoms with Crippen LogP contribution in [0.2, 0.25) is 0 Å². The molecule has 1 amide bonds. The van der Waals surface area contributed by atoms with Crippen LogP contribution in [0, 0.1) is 13.8 Å². The van der Waals surface area contributed by atoms with Gasteiger partial charge in [-0.05, 0) is 97.5 Å². The average molecular weight is 550 g/mol. The number of methoxy groups -OCH3 is 1. The van der Waals surface area contributed by atoms with Crippen LogP contribution in [0.15, 0.2) is 53.4 Å². The Hall–Kier alpha value is -2.78. The molecule has 0 aliphatic carbocycles. The van der Waals surface area contributed by atoms with Crippen LogP contribution in [-0.4, -0.2) is 31.3 Å². The molecular formula is C28H30F3NO3S2. The topological polar surface area (TPSA) is 55.4 Å². The van der Waals surface area contributed by atoms with Gasteiger partial charge in [-0.15, -0.1) is 23.1 Å². The number of rotatable bonds is 11. The average Bonchev–Trinajstić information content (AvgIpc) is 3.32. The second-order valence-electron chi connectivity index (χ2n) is 8.66. The number of carbonyl (C=O) groups excluding carboxylic acids is 2. The van der Waals surface area contributed by atoms with Gasteiger partial charge in [-0.2, -0.15) is 13.2 Å². The van der Waals surface area contributed by atoms with Crippen molar-refractivity contribution in [2.45, 2.75) is 50.6 Å². The summed E-state index contributed by atoms with van der Waals surface area (Å²) in [5.74, 6) is 0.414. The molecule has 9 heteroatoms. The van der Waals surface area contributed by atoms with Gasteiger partial charge in [-0.3, -0.25) is 9.59 Å². The molecular weight excluding hydrogens is 519 g/mol. The zero-order chi connectivity index (χ0) is 27.0. The molecule has 0 spiro atoms. The Balaban J connectivity index is 1.46. The van der Waals surface area contributed by atoms with Crippen LogP contribution in [-0.2, 0) is 22.1 Å². The molecule has 0 atom stereocenters. The lowest BCUT2D eigenvalue weighted by molar-refractivity contribution is -0.140. The monoisotopic (exact) mass is 549 g/mol. The van der Waals surface area contributed by atoms with Gasteiger partial charge in [0.25, 0.3) is 5.91 Å². The van der Waals surface area contributed by atoms with Gasteiger partial charge in [0.1, 0.15) is 0 Å². The molecule has 0 saturated heterocycles. The third kappa shape index (κ3) is 8.36. The summed E-state index contributed by atoms with van der Waals surface area (Å²) in [6.07, 6.45) is -1.28. The van der Waals surface area contributed by atoms with Crippen molar-refractivity contribution in [2.75, 3.05) is 19.4 Å². The standard InChI is InChI=1S/C28H30F3NO3S2/c1-18-16-23(17-19(2)26(18)20-7-9-21(10-8-20)28(29,30)31)36-15-5-4-6-22-11-12-24(37-22)27(34)32-14-13-25(33)35-3/h7-12,16-17H,4-6,13-15H2,1-3H3,(H,32,34). The number of benzene rings is 2. The van der Waals surface area contributed by atoms with Crippen molar-refractivity contribution < 1.29 is 27.5 Å². The second-order valence-corrected chi connectivity index (χ2v) is 11.0. The lowest BCUT2D eigenvalue weighted by atomic mass is 9.95. The van der Waals surface area contributed by atoms with E-state index in [0.29, 0.717) is 4.88 Å². The molecule has 37 heavy (non-hydrogen) atoms. The molecule has 0 aliphatic rings. The quantitative estimate of drug-likeness (QED) is 0.153. The Bertz CT molecular complexity index is 1200. The van der Waals surface area contributed by atoms with E-state index in [1.165, 1.54) is 30.6 Å². The highest BCUT2D eigenvalue weighted by Gasteiger charge is 2.30. The molecule has 198 valence electrons. The van der Waals surface area contributed by atoms with E-state index in [9.17, 15) is 22.8 Å². The zero-order valence-corrected chi connectivity index (χ0v) is 22.7. The fraction of sp³-hybridized carbons (Fsp3) is 0.357. The van der Waals surface area contributed by atoms with Crippen molar-refractivity contribution in [3.8, 4) is 11.1 Å². The highest BCUT2D eigenvalue weighted by atomic mass is 32.2. The minimum atomic E-state index is -4.34. The third-order valence-corrected chi connectivity index (χ3v) is 8.03. The van der Waals surface area contributed by atoms with Crippen LogP contribution in [0.25, 0.3) is 11.1 Å². The highest BCUT2D eigenvalue weighted by molar-refractivity contribution is 7.99. The van der Waals surface area contributed by atoms with Gasteiger partial charge >= 0.3 is 12.1 Å². The van der Waals surface area contributed by atoms with Crippen LogP contribution in [0.1, 0.15) is 50.5 Å². The first-order valence-corrected chi connectivity index (χ1v) is 13.7. The first kappa shape index (κ1) is 28.8. The van der Waals surface area contributed by atoms with E-state index in [1.54, 1.807) is 11.8 Å². The molecule has 2 aromatic carbocycles. The van der Waals surface area contributed by atoms with Gasteiger partial charge in [-0.1, -0.05) is 12.1 Å². The van der Waals surface area contributed by atoms with Crippen molar-refractivity contribution in [2.24, 2.45) is 0 Å². The summed E-state index contributed by atoms with van der Waals surface area (Å²) in [7, 11) is 1.32. The fourth-order valence-electron chi connectivity index (χ4n) is 3.98. The number of carbonyl (C=O) groups is 2. The summed E-state index contributed by atoms with van der Waals surface area (Å²) >= 11 is 3.24. The maximum Gasteiger partial charge on any atom is 0.416 e. The molecule has 0 radical (unpaired) electrons. The maximum absolute atomic E-state index is 12.9. The number of ether oxygens (including phenoxy) is 1. The summed E-state index contributed by atoms with van der Waals surface area (Å²) in [6, 6.07) is 13.3. The predicted octanol–water partition coefficient (Wildman–Crippen LogP) is 7.46. The number of esters is 1. The Morgan fingerprint density at radius 2 is 1.68 bits per heavy atom. The van der Waals surface area contributed by atoms with Crippen molar-refractivity contribution in [1.29, 1.82) is 0 Å². The number of unbranched alkanes of at least 4 members (excludes halogenated alkanes) is 1. The van der Waals surface area contributed by atoms with Gasteiger partial charge < -0.3 is 10.1 Å². The van der Waals surface area contributed by atoms with Gasteiger partial charge in [0.2, 0.25) is 0 Å². The summed E-state index contributed by atoms with van der Waals surface area (Å²) in [5.41, 5.74) is 3.20. The van der Waals surface area contributed by atoms with Crippen molar-refractivity contribution >= 4 is 35.0 Å². The minimum Gasteiger partial charge on any atom is -0.469 e. The molecule has 1 aromatic heterocycles. The van der Waals surface area contributed by atoms with E-state index >= 15 is 0 Å². The van der Waals surface area contributed by atoms with E-state index in [1.807, 2.05) is 26.0 Å². The number of nitrogens with one attached hydrogen (secondary N) is 1. The van der Waals surface area contributed by atoms with Crippen LogP contribution in [0.4, 0.5) is 13.2 Å². The molecule has 1 heterocycles. The Kier molecular flexibility index (Phi) is 10.2. The predicted molar refractivity (Wildman–Crippen MR) is 143 cm³/mol. The van der Waals surface area contributed by atoms with Gasteiger partial charge in [0.05, 0.1) is 24.0 Å². The smallest absolute Gasteiger partial charge is 0.416 e. The van der Waals surface area contributed by atoms with E-state index in [-0.39, 0.29) is 24.8 Å². The van der Waals surface area contributed by atoms with Crippen molar-refractivity contribution in [3.63, 3.8) is 0 Å². The summed E-state index contributed by atoms with van der Waals surface area (Å²) in [6.45, 7) is 4.23. The Labute approximate surface area is 223 Å². The Morgan fingerprint density at radius 3 is 2.30 bits per heavy atom. The molecule has 0 bridgehead atoms. The summed E-state index contributed by atoms with van der Waals surface area (Å²) < 4.78 is 43.2. The molecule has 0 aliphatic heterocycles. The number of thiophene rings is 1. The minimum absolute atomic E-state index is 0.148. The van der Waals surface area contributed by atoms with Crippen molar-refractivity contribution in [1.82, 2.24) is 5.32 Å². The third-order valence-electron chi connectivity index (χ3n) is 5.82. The van der Waals surface area contributed by atoms with Gasteiger partial charge in [0.15, 0.2) is 0 Å². The van der Waals surface area contributed by atoms with Crippen LogP contribution in [0.3, 0.4) is 0 Å². The van der Waals surface area contributed by atoms with E-state index < -0.39 is 11.7 Å². The molecule has 4 nitrogen and oxygen atoms in total. The van der Waals surface area contributed by atoms with Crippen molar-refractivity contribution in [3.05, 3.63) is 75.0 Å². The Morgan fingerprint density at radius 1 is 1.00 bits per heavy atom. The van der Waals surface area contributed by atoms with E-state index in [0.717, 1.165) is 69.2 Å². The van der Waals surface area contributed by atoms with E-state index in [4.69, 9.17) is 0 Å². The number of amides is 1. The first-order valence-electron chi connectivity index (χ1n) is 11.9. The normalized spacial score (nSPS) is 11.4. The molecule has 1 N–H and O–H groups in total. The molecule has 0 fully saturated rings. The number of hydrogen-bond donors (Lipinski definition) is 1. The first-order chi connectivity index (χ1) is 17.6. The molecule has 0 unspecified atom stereocenters. The van der Waals surface area contributed by atoms with Crippen LogP contribution < -0.4 is 5.32 Å². The lowest BCUT2D eigenvalue weighted by Crippen LogP contribution is -2.25. The van der Waals surface area contributed by atoms with Gasteiger partial charge in [0, 0.05) is 16.3 Å².